The number of halogens is 3. The molecule has 3 unspecified atom stereocenters. The molecule has 2 bridgehead atoms. The van der Waals surface area contributed by atoms with Gasteiger partial charge in [0, 0.05) is 43.8 Å². The van der Waals surface area contributed by atoms with Crippen molar-refractivity contribution in [3.63, 3.8) is 0 Å². The molecule has 0 radical (unpaired) electrons. The lowest BCUT2D eigenvalue weighted by Crippen LogP contribution is -2.69. The van der Waals surface area contributed by atoms with E-state index in [9.17, 15) is 22.8 Å². The second kappa shape index (κ2) is 10.9. The van der Waals surface area contributed by atoms with Gasteiger partial charge in [-0.15, -0.1) is 13.2 Å². The fraction of sp³-hybridized carbons (Fsp3) is 0.515. The zero-order valence-electron chi connectivity index (χ0n) is 25.1. The number of nitrogens with one attached hydrogen (secondary N) is 1. The predicted molar refractivity (Wildman–Crippen MR) is 154 cm³/mol. The molecule has 1 aromatic rings. The molecule has 1 amide bonds. The molecular formula is C33H38F3N2O6+. The number of amides is 1. The lowest BCUT2D eigenvalue weighted by Gasteiger charge is -2.61. The summed E-state index contributed by atoms with van der Waals surface area (Å²) in [6, 6.07) is 7.93. The monoisotopic (exact) mass is 615 g/mol. The van der Waals surface area contributed by atoms with Crippen molar-refractivity contribution < 1.29 is 46.2 Å². The summed E-state index contributed by atoms with van der Waals surface area (Å²) in [5, 5.41) is 2.68. The van der Waals surface area contributed by atoms with Crippen molar-refractivity contribution in [2.45, 2.75) is 69.4 Å². The summed E-state index contributed by atoms with van der Waals surface area (Å²) in [5.41, 5.74) is 0.409. The summed E-state index contributed by atoms with van der Waals surface area (Å²) in [6.07, 6.45) is 4.11. The van der Waals surface area contributed by atoms with E-state index in [2.05, 4.69) is 23.7 Å². The van der Waals surface area contributed by atoms with Gasteiger partial charge in [-0.1, -0.05) is 49.4 Å². The van der Waals surface area contributed by atoms with Crippen molar-refractivity contribution in [2.24, 2.45) is 11.3 Å². The van der Waals surface area contributed by atoms with Gasteiger partial charge in [0.05, 0.1) is 32.3 Å². The van der Waals surface area contributed by atoms with Crippen LogP contribution in [-0.4, -0.2) is 73.9 Å². The first kappa shape index (κ1) is 30.6. The Kier molecular flexibility index (Phi) is 7.57. The van der Waals surface area contributed by atoms with Crippen LogP contribution in [0.1, 0.15) is 44.6 Å². The third kappa shape index (κ3) is 4.80. The Morgan fingerprint density at radius 1 is 1.23 bits per heavy atom. The van der Waals surface area contributed by atoms with E-state index in [-0.39, 0.29) is 17.1 Å². The lowest BCUT2D eigenvalue weighted by atomic mass is 9.50. The number of carbonyl (C=O) groups is 2. The summed E-state index contributed by atoms with van der Waals surface area (Å²) in [6.45, 7) is 6.87. The molecule has 5 aliphatic rings. The van der Waals surface area contributed by atoms with E-state index < -0.39 is 41.6 Å². The van der Waals surface area contributed by atoms with Crippen LogP contribution in [0.25, 0.3) is 5.76 Å². The predicted octanol–water partition coefficient (Wildman–Crippen LogP) is 5.14. The number of piperidine rings is 1. The van der Waals surface area contributed by atoms with Crippen LogP contribution in [0.3, 0.4) is 0 Å². The number of hydrogen-bond donors (Lipinski definition) is 1. The quantitative estimate of drug-likeness (QED) is 0.109. The summed E-state index contributed by atoms with van der Waals surface area (Å²) < 4.78 is 64.4. The number of alkyl halides is 3. The van der Waals surface area contributed by atoms with Gasteiger partial charge in [0.25, 0.3) is 5.91 Å². The maximum absolute atomic E-state index is 13.9. The summed E-state index contributed by atoms with van der Waals surface area (Å²) in [5.74, 6) is -3.70. The number of rotatable bonds is 8. The first-order chi connectivity index (χ1) is 20.9. The van der Waals surface area contributed by atoms with Crippen molar-refractivity contribution in [3.05, 3.63) is 77.6 Å². The van der Waals surface area contributed by atoms with Crippen LogP contribution in [0.15, 0.2) is 72.0 Å². The number of methoxy groups -OCH3 is 1. The van der Waals surface area contributed by atoms with Gasteiger partial charge in [-0.2, -0.15) is 0 Å². The van der Waals surface area contributed by atoms with Crippen LogP contribution in [-0.2, 0) is 28.5 Å². The number of likely N-dealkylation sites (N-methyl/N-ethyl adjacent to an activating group) is 1. The summed E-state index contributed by atoms with van der Waals surface area (Å²) in [4.78, 5) is 25.9. The molecule has 2 heterocycles. The molecule has 3 aliphatic carbocycles. The van der Waals surface area contributed by atoms with E-state index in [4.69, 9.17) is 14.2 Å². The van der Waals surface area contributed by atoms with Crippen LogP contribution in [0.4, 0.5) is 13.2 Å². The first-order valence-corrected chi connectivity index (χ1v) is 15.0. The molecule has 3 fully saturated rings. The van der Waals surface area contributed by atoms with Gasteiger partial charge in [0.1, 0.15) is 6.10 Å². The van der Waals surface area contributed by atoms with Crippen LogP contribution >= 0.6 is 0 Å². The van der Waals surface area contributed by atoms with E-state index in [0.29, 0.717) is 12.0 Å². The number of benzene rings is 1. The molecular weight excluding hydrogens is 577 g/mol. The van der Waals surface area contributed by atoms with Crippen LogP contribution in [0, 0.1) is 11.3 Å². The van der Waals surface area contributed by atoms with Gasteiger partial charge in [0.2, 0.25) is 5.76 Å². The Bertz CT molecular complexity index is 1450. The molecule has 236 valence electrons. The van der Waals surface area contributed by atoms with Crippen LogP contribution in [0.5, 0.6) is 0 Å². The fourth-order valence-electron chi connectivity index (χ4n) is 8.69. The second-order valence-electron chi connectivity index (χ2n) is 12.7. The van der Waals surface area contributed by atoms with Crippen LogP contribution in [0.2, 0.25) is 0 Å². The fourth-order valence-corrected chi connectivity index (χ4v) is 8.69. The van der Waals surface area contributed by atoms with Crippen molar-refractivity contribution in [1.82, 2.24) is 5.32 Å². The number of carbonyl (C=O) groups excluding carboxylic acids is 2. The number of nitrogens with zero attached hydrogens (tertiary/aromatic N) is 1. The van der Waals surface area contributed by atoms with E-state index >= 15 is 0 Å². The standard InChI is InChI=1S/C33H37F3N2O6/c1-5-17-38(3)18-16-31-23-12-9-13-25(31)43-29-26(31)22(19-24(23)38)14-15-32(29,41-4)37-30(40)28(44-33(34,35)36)27(42-20(2)39)21-10-7-6-8-11-21/h5-8,10-11,14-15,23-25,29H,1,9,12-13,16-19H2,2-4H3/p+1/t23-,24+,25-,29?,31+,32?,38?/m0/s1. The van der Waals surface area contributed by atoms with Gasteiger partial charge >= 0.3 is 12.3 Å². The zero-order valence-corrected chi connectivity index (χ0v) is 25.1. The molecule has 44 heavy (non-hydrogen) atoms. The molecule has 7 atom stereocenters. The Morgan fingerprint density at radius 3 is 2.64 bits per heavy atom. The molecule has 2 aliphatic heterocycles. The maximum atomic E-state index is 13.9. The van der Waals surface area contributed by atoms with E-state index in [1.54, 1.807) is 24.3 Å². The maximum Gasteiger partial charge on any atom is 0.573 e. The largest absolute Gasteiger partial charge is 0.573 e. The molecule has 2 saturated heterocycles. The van der Waals surface area contributed by atoms with Crippen molar-refractivity contribution in [2.75, 3.05) is 27.2 Å². The van der Waals surface area contributed by atoms with Crippen LogP contribution < -0.4 is 5.32 Å². The molecule has 1 saturated carbocycles. The van der Waals surface area contributed by atoms with Gasteiger partial charge < -0.3 is 28.7 Å². The van der Waals surface area contributed by atoms with E-state index in [0.717, 1.165) is 67.7 Å². The lowest BCUT2D eigenvalue weighted by molar-refractivity contribution is -0.940. The third-order valence-electron chi connectivity index (χ3n) is 10.4. The molecule has 11 heteroatoms. The SMILES string of the molecule is C=CC[N+]1(C)CC[C@]23C4=C5C=CC(NC(=O)C(OC(F)(F)F)=C(OC(C)=O)c6ccccc6)(OC)C4O[C@H]2CCC[C@H]3[C@H]1C5. The first-order valence-electron chi connectivity index (χ1n) is 15.0. The number of allylic oxidation sites excluding steroid dienone is 1. The number of likely N-dealkylation sites (tertiary alicyclic amines) is 1. The number of hydrogen-bond acceptors (Lipinski definition) is 6. The molecule has 8 nitrogen and oxygen atoms in total. The average molecular weight is 616 g/mol. The van der Waals surface area contributed by atoms with Crippen molar-refractivity contribution in [1.29, 1.82) is 0 Å². The second-order valence-corrected chi connectivity index (χ2v) is 12.7. The van der Waals surface area contributed by atoms with E-state index in [1.165, 1.54) is 19.2 Å². The Hall–Kier alpha value is -3.41. The summed E-state index contributed by atoms with van der Waals surface area (Å²) >= 11 is 0. The summed E-state index contributed by atoms with van der Waals surface area (Å²) in [7, 11) is 3.69. The van der Waals surface area contributed by atoms with Gasteiger partial charge in [-0.05, 0) is 36.1 Å². The topological polar surface area (TPSA) is 83.1 Å². The van der Waals surface area contributed by atoms with Crippen molar-refractivity contribution >= 4 is 17.6 Å². The Labute approximate surface area is 254 Å². The highest BCUT2D eigenvalue weighted by atomic mass is 19.4. The minimum Gasteiger partial charge on any atom is -0.422 e. The smallest absolute Gasteiger partial charge is 0.422 e. The Balaban J connectivity index is 1.42. The normalized spacial score (nSPS) is 35.8. The minimum absolute atomic E-state index is 0.0545. The number of quaternary nitrogens is 1. The number of esters is 1. The molecule has 1 aromatic carbocycles. The molecule has 1 spiro atoms. The van der Waals surface area contributed by atoms with Gasteiger partial charge in [-0.25, -0.2) is 0 Å². The highest BCUT2D eigenvalue weighted by Gasteiger charge is 2.70. The van der Waals surface area contributed by atoms with Gasteiger partial charge in [0.15, 0.2) is 11.5 Å². The van der Waals surface area contributed by atoms with Gasteiger partial charge in [-0.3, -0.25) is 9.59 Å². The van der Waals surface area contributed by atoms with Crippen molar-refractivity contribution in [3.8, 4) is 0 Å². The third-order valence-corrected chi connectivity index (χ3v) is 10.4. The highest BCUT2D eigenvalue weighted by molar-refractivity contribution is 6.00. The minimum atomic E-state index is -5.26. The molecule has 0 aromatic heterocycles. The molecule has 1 N–H and O–H groups in total. The zero-order chi connectivity index (χ0) is 31.5. The Morgan fingerprint density at radius 2 is 1.98 bits per heavy atom. The average Bonchev–Trinajstić information content (AvgIpc) is 3.33. The highest BCUT2D eigenvalue weighted by Crippen LogP contribution is 2.67. The number of ether oxygens (including phenoxy) is 4. The molecule has 6 rings (SSSR count). The van der Waals surface area contributed by atoms with E-state index in [1.807, 2.05) is 12.2 Å².